The minimum Gasteiger partial charge on any atom is -0.346 e. The number of hydrogen-bond acceptors (Lipinski definition) is 1. The van der Waals surface area contributed by atoms with Crippen LogP contribution in [-0.2, 0) is 11.3 Å². The van der Waals surface area contributed by atoms with E-state index in [1.807, 2.05) is 18.2 Å². The monoisotopic (exact) mass is 275 g/mol. The summed E-state index contributed by atoms with van der Waals surface area (Å²) in [6, 6.07) is 10.3. The van der Waals surface area contributed by atoms with E-state index in [0.717, 1.165) is 51.9 Å². The van der Waals surface area contributed by atoms with E-state index in [9.17, 15) is 4.79 Å². The molecule has 0 radical (unpaired) electrons. The SMILES string of the molecule is CCCCN(Cc1ccccc1)C(=O)C1CC[NH2+]CC1. The van der Waals surface area contributed by atoms with Crippen molar-refractivity contribution in [3.63, 3.8) is 0 Å². The van der Waals surface area contributed by atoms with Crippen molar-refractivity contribution >= 4 is 5.91 Å². The maximum Gasteiger partial charge on any atom is 0.226 e. The molecule has 0 spiro atoms. The lowest BCUT2D eigenvalue weighted by Gasteiger charge is -2.28. The van der Waals surface area contributed by atoms with Gasteiger partial charge >= 0.3 is 0 Å². The van der Waals surface area contributed by atoms with Crippen LogP contribution in [0.5, 0.6) is 0 Å². The van der Waals surface area contributed by atoms with Crippen LogP contribution in [0.1, 0.15) is 38.2 Å². The first-order chi connectivity index (χ1) is 9.81. The molecule has 1 aliphatic rings. The summed E-state index contributed by atoms with van der Waals surface area (Å²) < 4.78 is 0. The summed E-state index contributed by atoms with van der Waals surface area (Å²) in [6.45, 7) is 6.04. The normalized spacial score (nSPS) is 16.1. The Labute approximate surface area is 122 Å². The number of carbonyl (C=O) groups is 1. The van der Waals surface area contributed by atoms with Gasteiger partial charge in [-0.2, -0.15) is 0 Å². The Bertz CT molecular complexity index is 399. The molecule has 3 nitrogen and oxygen atoms in total. The second-order valence-corrected chi connectivity index (χ2v) is 5.74. The van der Waals surface area contributed by atoms with Gasteiger partial charge in [-0.3, -0.25) is 4.79 Å². The Kier molecular flexibility index (Phi) is 6.06. The number of amides is 1. The van der Waals surface area contributed by atoms with Gasteiger partial charge in [-0.15, -0.1) is 0 Å². The van der Waals surface area contributed by atoms with E-state index in [0.29, 0.717) is 5.91 Å². The highest BCUT2D eigenvalue weighted by atomic mass is 16.2. The first-order valence-electron chi connectivity index (χ1n) is 7.95. The minimum atomic E-state index is 0.251. The molecule has 1 aromatic carbocycles. The fourth-order valence-corrected chi connectivity index (χ4v) is 2.85. The lowest BCUT2D eigenvalue weighted by Crippen LogP contribution is -2.86. The van der Waals surface area contributed by atoms with E-state index in [2.05, 4.69) is 29.3 Å². The third-order valence-electron chi connectivity index (χ3n) is 4.10. The molecule has 1 fully saturated rings. The molecule has 0 bridgehead atoms. The van der Waals surface area contributed by atoms with Gasteiger partial charge in [0.2, 0.25) is 5.91 Å². The number of benzene rings is 1. The average molecular weight is 275 g/mol. The number of nitrogens with zero attached hydrogens (tertiary/aromatic N) is 1. The van der Waals surface area contributed by atoms with Crippen LogP contribution >= 0.6 is 0 Å². The van der Waals surface area contributed by atoms with Crippen molar-refractivity contribution < 1.29 is 10.1 Å². The quantitative estimate of drug-likeness (QED) is 0.844. The fraction of sp³-hybridized carbons (Fsp3) is 0.588. The zero-order valence-electron chi connectivity index (χ0n) is 12.6. The highest BCUT2D eigenvalue weighted by molar-refractivity contribution is 5.78. The van der Waals surface area contributed by atoms with Crippen molar-refractivity contribution in [2.24, 2.45) is 5.92 Å². The van der Waals surface area contributed by atoms with E-state index in [1.54, 1.807) is 0 Å². The molecule has 2 rings (SSSR count). The Morgan fingerprint density at radius 2 is 1.95 bits per heavy atom. The van der Waals surface area contributed by atoms with Crippen LogP contribution in [0.25, 0.3) is 0 Å². The summed E-state index contributed by atoms with van der Waals surface area (Å²) in [7, 11) is 0. The van der Waals surface area contributed by atoms with Crippen LogP contribution in [0.15, 0.2) is 30.3 Å². The summed E-state index contributed by atoms with van der Waals surface area (Å²) in [5, 5.41) is 2.32. The smallest absolute Gasteiger partial charge is 0.226 e. The number of rotatable bonds is 6. The third-order valence-corrected chi connectivity index (χ3v) is 4.10. The molecule has 1 heterocycles. The predicted molar refractivity (Wildman–Crippen MR) is 81.2 cm³/mol. The molecule has 20 heavy (non-hydrogen) atoms. The van der Waals surface area contributed by atoms with Crippen molar-refractivity contribution in [2.75, 3.05) is 19.6 Å². The topological polar surface area (TPSA) is 36.9 Å². The van der Waals surface area contributed by atoms with Gasteiger partial charge in [-0.25, -0.2) is 0 Å². The second-order valence-electron chi connectivity index (χ2n) is 5.74. The largest absolute Gasteiger partial charge is 0.346 e. The van der Waals surface area contributed by atoms with Crippen LogP contribution in [-0.4, -0.2) is 30.4 Å². The molecule has 110 valence electrons. The number of carbonyl (C=O) groups excluding carboxylic acids is 1. The van der Waals surface area contributed by atoms with Crippen molar-refractivity contribution in [3.8, 4) is 0 Å². The second kappa shape index (κ2) is 8.05. The summed E-state index contributed by atoms with van der Waals surface area (Å²) in [5.41, 5.74) is 1.24. The number of piperidine rings is 1. The van der Waals surface area contributed by atoms with E-state index < -0.39 is 0 Å². The molecular weight excluding hydrogens is 248 g/mol. The molecule has 1 saturated heterocycles. The Morgan fingerprint density at radius 3 is 2.60 bits per heavy atom. The van der Waals surface area contributed by atoms with Crippen molar-refractivity contribution in [1.29, 1.82) is 0 Å². The lowest BCUT2D eigenvalue weighted by atomic mass is 9.96. The van der Waals surface area contributed by atoms with Gasteiger partial charge in [-0.05, 0) is 12.0 Å². The van der Waals surface area contributed by atoms with Crippen molar-refractivity contribution in [2.45, 2.75) is 39.2 Å². The Balaban J connectivity index is 2.00. The van der Waals surface area contributed by atoms with Gasteiger partial charge < -0.3 is 10.2 Å². The van der Waals surface area contributed by atoms with E-state index in [-0.39, 0.29) is 5.92 Å². The van der Waals surface area contributed by atoms with E-state index in [1.165, 1.54) is 5.56 Å². The molecule has 0 unspecified atom stereocenters. The van der Waals surface area contributed by atoms with Crippen LogP contribution in [0.2, 0.25) is 0 Å². The van der Waals surface area contributed by atoms with Crippen LogP contribution in [0, 0.1) is 5.92 Å². The number of unbranched alkanes of at least 4 members (excludes halogenated alkanes) is 1. The van der Waals surface area contributed by atoms with Crippen LogP contribution in [0.3, 0.4) is 0 Å². The minimum absolute atomic E-state index is 0.251. The summed E-state index contributed by atoms with van der Waals surface area (Å²) in [5.74, 6) is 0.621. The van der Waals surface area contributed by atoms with E-state index >= 15 is 0 Å². The molecular formula is C17H27N2O+. The van der Waals surface area contributed by atoms with Gasteiger partial charge in [0.15, 0.2) is 0 Å². The molecule has 0 aromatic heterocycles. The molecule has 2 N–H and O–H groups in total. The first kappa shape index (κ1) is 15.0. The summed E-state index contributed by atoms with van der Waals surface area (Å²) in [4.78, 5) is 14.8. The molecule has 3 heteroatoms. The summed E-state index contributed by atoms with van der Waals surface area (Å²) in [6.07, 6.45) is 4.31. The molecule has 0 atom stereocenters. The number of nitrogens with two attached hydrogens (primary N) is 1. The van der Waals surface area contributed by atoms with Gasteiger partial charge in [-0.1, -0.05) is 43.7 Å². The maximum atomic E-state index is 12.7. The van der Waals surface area contributed by atoms with Gasteiger partial charge in [0.1, 0.15) is 0 Å². The number of hydrogen-bond donors (Lipinski definition) is 1. The molecule has 0 aliphatic carbocycles. The van der Waals surface area contributed by atoms with Crippen LogP contribution < -0.4 is 5.32 Å². The van der Waals surface area contributed by atoms with Crippen molar-refractivity contribution in [3.05, 3.63) is 35.9 Å². The van der Waals surface area contributed by atoms with Gasteiger partial charge in [0.05, 0.1) is 13.1 Å². The maximum absolute atomic E-state index is 12.7. The van der Waals surface area contributed by atoms with Crippen LogP contribution in [0.4, 0.5) is 0 Å². The Morgan fingerprint density at radius 1 is 1.25 bits per heavy atom. The van der Waals surface area contributed by atoms with Gasteiger partial charge in [0.25, 0.3) is 0 Å². The zero-order chi connectivity index (χ0) is 14.2. The molecule has 1 aromatic rings. The molecule has 1 aliphatic heterocycles. The Hall–Kier alpha value is -1.35. The number of quaternary nitrogens is 1. The fourth-order valence-electron chi connectivity index (χ4n) is 2.85. The van der Waals surface area contributed by atoms with E-state index in [4.69, 9.17) is 0 Å². The zero-order valence-corrected chi connectivity index (χ0v) is 12.6. The van der Waals surface area contributed by atoms with Gasteiger partial charge in [0, 0.05) is 31.8 Å². The average Bonchev–Trinajstić information content (AvgIpc) is 2.52. The summed E-state index contributed by atoms with van der Waals surface area (Å²) >= 11 is 0. The molecule has 0 saturated carbocycles. The first-order valence-corrected chi connectivity index (χ1v) is 7.95. The van der Waals surface area contributed by atoms with Crippen molar-refractivity contribution in [1.82, 2.24) is 4.90 Å². The third kappa shape index (κ3) is 4.34. The molecule has 1 amide bonds. The highest BCUT2D eigenvalue weighted by Gasteiger charge is 2.27. The standard InChI is InChI=1S/C17H26N2O/c1-2-3-13-19(14-15-7-5-4-6-8-15)17(20)16-9-11-18-12-10-16/h4-8,16,18H,2-3,9-14H2,1H3/p+1. The lowest BCUT2D eigenvalue weighted by molar-refractivity contribution is -0.664. The predicted octanol–water partition coefficient (Wildman–Crippen LogP) is 1.79. The highest BCUT2D eigenvalue weighted by Crippen LogP contribution is 2.16.